The van der Waals surface area contributed by atoms with Gasteiger partial charge in [-0.15, -0.1) is 0 Å². The molecule has 132 valence electrons. The number of ether oxygens (including phenoxy) is 2. The van der Waals surface area contributed by atoms with Crippen molar-refractivity contribution < 1.29 is 9.47 Å². The molecule has 0 aromatic heterocycles. The highest BCUT2D eigenvalue weighted by molar-refractivity contribution is 4.85. The molecule has 2 heteroatoms. The molecule has 0 radical (unpaired) electrons. The highest BCUT2D eigenvalue weighted by atomic mass is 16.7. The van der Waals surface area contributed by atoms with Crippen LogP contribution in [-0.4, -0.2) is 19.5 Å². The molecule has 2 nitrogen and oxygen atoms in total. The van der Waals surface area contributed by atoms with E-state index in [0.29, 0.717) is 13.2 Å². The number of hydrogen-bond acceptors (Lipinski definition) is 2. The van der Waals surface area contributed by atoms with Gasteiger partial charge in [-0.25, -0.2) is 0 Å². The first-order valence-corrected chi connectivity index (χ1v) is 9.74. The Morgan fingerprint density at radius 3 is 1.55 bits per heavy atom. The molecule has 0 amide bonds. The van der Waals surface area contributed by atoms with Gasteiger partial charge in [0.25, 0.3) is 0 Å². The molecule has 0 fully saturated rings. The van der Waals surface area contributed by atoms with Gasteiger partial charge in [0, 0.05) is 13.2 Å². The molecule has 0 heterocycles. The molecule has 0 rings (SSSR count). The Bertz CT molecular complexity index is 220. The van der Waals surface area contributed by atoms with E-state index in [1.54, 1.807) is 0 Å². The fraction of sp³-hybridized carbons (Fsp3) is 0.900. The van der Waals surface area contributed by atoms with Crippen molar-refractivity contribution in [2.75, 3.05) is 13.2 Å². The molecule has 0 unspecified atom stereocenters. The van der Waals surface area contributed by atoms with E-state index >= 15 is 0 Å². The zero-order chi connectivity index (χ0) is 16.3. The molecule has 0 aromatic rings. The Hall–Kier alpha value is -0.340. The third-order valence-corrected chi connectivity index (χ3v) is 3.93. The first-order valence-electron chi connectivity index (χ1n) is 9.74. The standard InChI is InChI=1S/C20H40O2/c1-4-7-8-9-10-11-12-13-14-15-16-17-18-19-20(21-5-2)22-6-3/h18-20H,4-17H2,1-3H3. The normalized spacial score (nSPS) is 11.8. The predicted octanol–water partition coefficient (Wildman–Crippen LogP) is 6.64. The Kier molecular flexibility index (Phi) is 18.4. The minimum Gasteiger partial charge on any atom is -0.349 e. The van der Waals surface area contributed by atoms with Crippen molar-refractivity contribution in [3.05, 3.63) is 12.2 Å². The molecule has 0 bridgehead atoms. The third kappa shape index (κ3) is 16.0. The van der Waals surface area contributed by atoms with Gasteiger partial charge in [-0.2, -0.15) is 0 Å². The second kappa shape index (κ2) is 18.7. The molecular formula is C20H40O2. The maximum absolute atomic E-state index is 5.48. The molecule has 0 atom stereocenters. The van der Waals surface area contributed by atoms with Gasteiger partial charge in [0.1, 0.15) is 0 Å². The van der Waals surface area contributed by atoms with Gasteiger partial charge in [0.2, 0.25) is 0 Å². The van der Waals surface area contributed by atoms with E-state index in [0.717, 1.165) is 6.42 Å². The van der Waals surface area contributed by atoms with Crippen molar-refractivity contribution in [1.82, 2.24) is 0 Å². The lowest BCUT2D eigenvalue weighted by atomic mass is 10.1. The molecule has 0 aliphatic heterocycles. The maximum Gasteiger partial charge on any atom is 0.176 e. The van der Waals surface area contributed by atoms with Gasteiger partial charge in [0.15, 0.2) is 6.29 Å². The first-order chi connectivity index (χ1) is 10.8. The second-order valence-corrected chi connectivity index (χ2v) is 6.03. The molecule has 0 aliphatic rings. The van der Waals surface area contributed by atoms with Crippen molar-refractivity contribution in [2.45, 2.75) is 104 Å². The average molecular weight is 313 g/mol. The lowest BCUT2D eigenvalue weighted by Crippen LogP contribution is -2.14. The molecule has 0 aromatic carbocycles. The first kappa shape index (κ1) is 21.7. The van der Waals surface area contributed by atoms with Gasteiger partial charge >= 0.3 is 0 Å². The minimum absolute atomic E-state index is 0.150. The quantitative estimate of drug-likeness (QED) is 0.170. The summed E-state index contributed by atoms with van der Waals surface area (Å²) < 4.78 is 11.0. The zero-order valence-corrected chi connectivity index (χ0v) is 15.4. The summed E-state index contributed by atoms with van der Waals surface area (Å²) in [6, 6.07) is 0. The molecule has 0 saturated carbocycles. The van der Waals surface area contributed by atoms with Gasteiger partial charge in [-0.1, -0.05) is 77.2 Å². The van der Waals surface area contributed by atoms with E-state index in [4.69, 9.17) is 9.47 Å². The van der Waals surface area contributed by atoms with Crippen LogP contribution < -0.4 is 0 Å². The third-order valence-electron chi connectivity index (χ3n) is 3.93. The van der Waals surface area contributed by atoms with Crippen LogP contribution in [0.1, 0.15) is 97.8 Å². The van der Waals surface area contributed by atoms with E-state index < -0.39 is 0 Å². The number of allylic oxidation sites excluding steroid dienone is 1. The van der Waals surface area contributed by atoms with E-state index in [9.17, 15) is 0 Å². The van der Waals surface area contributed by atoms with Crippen LogP contribution >= 0.6 is 0 Å². The lowest BCUT2D eigenvalue weighted by molar-refractivity contribution is -0.104. The van der Waals surface area contributed by atoms with Crippen LogP contribution in [0.25, 0.3) is 0 Å². The highest BCUT2D eigenvalue weighted by Gasteiger charge is 2.00. The Morgan fingerprint density at radius 1 is 0.636 bits per heavy atom. The average Bonchev–Trinajstić information content (AvgIpc) is 2.52. The van der Waals surface area contributed by atoms with E-state index in [2.05, 4.69) is 19.1 Å². The van der Waals surface area contributed by atoms with Gasteiger partial charge in [-0.05, 0) is 32.8 Å². The van der Waals surface area contributed by atoms with Gasteiger partial charge in [0.05, 0.1) is 0 Å². The van der Waals surface area contributed by atoms with Crippen molar-refractivity contribution in [3.63, 3.8) is 0 Å². The van der Waals surface area contributed by atoms with Crippen molar-refractivity contribution in [2.24, 2.45) is 0 Å². The summed E-state index contributed by atoms with van der Waals surface area (Å²) in [5.74, 6) is 0. The Balaban J connectivity index is 3.28. The SMILES string of the molecule is CCCCCCCCCCCCCC=CC(OCC)OCC. The fourth-order valence-electron chi connectivity index (χ4n) is 2.62. The zero-order valence-electron chi connectivity index (χ0n) is 15.4. The monoisotopic (exact) mass is 312 g/mol. The van der Waals surface area contributed by atoms with Crippen molar-refractivity contribution in [3.8, 4) is 0 Å². The largest absolute Gasteiger partial charge is 0.349 e. The summed E-state index contributed by atoms with van der Waals surface area (Å²) in [4.78, 5) is 0. The summed E-state index contributed by atoms with van der Waals surface area (Å²) in [6.45, 7) is 7.69. The molecule has 0 spiro atoms. The summed E-state index contributed by atoms with van der Waals surface area (Å²) in [5.41, 5.74) is 0. The summed E-state index contributed by atoms with van der Waals surface area (Å²) in [5, 5.41) is 0. The van der Waals surface area contributed by atoms with Crippen LogP contribution in [0.3, 0.4) is 0 Å². The maximum atomic E-state index is 5.48. The smallest absolute Gasteiger partial charge is 0.176 e. The molecule has 22 heavy (non-hydrogen) atoms. The molecule has 0 N–H and O–H groups in total. The van der Waals surface area contributed by atoms with Gasteiger partial charge in [-0.3, -0.25) is 0 Å². The summed E-state index contributed by atoms with van der Waals surface area (Å²) >= 11 is 0. The van der Waals surface area contributed by atoms with E-state index in [-0.39, 0.29) is 6.29 Å². The van der Waals surface area contributed by atoms with E-state index in [1.807, 2.05) is 13.8 Å². The van der Waals surface area contributed by atoms with Crippen LogP contribution in [0.2, 0.25) is 0 Å². The van der Waals surface area contributed by atoms with Crippen molar-refractivity contribution in [1.29, 1.82) is 0 Å². The molecule has 0 aliphatic carbocycles. The Morgan fingerprint density at radius 2 is 1.09 bits per heavy atom. The number of hydrogen-bond donors (Lipinski definition) is 0. The van der Waals surface area contributed by atoms with Gasteiger partial charge < -0.3 is 9.47 Å². The summed E-state index contributed by atoms with van der Waals surface area (Å²) in [6.07, 6.45) is 20.7. The summed E-state index contributed by atoms with van der Waals surface area (Å²) in [7, 11) is 0. The molecular weight excluding hydrogens is 272 g/mol. The predicted molar refractivity (Wildman–Crippen MR) is 97.3 cm³/mol. The molecule has 0 saturated heterocycles. The van der Waals surface area contributed by atoms with Crippen LogP contribution in [0.15, 0.2) is 12.2 Å². The second-order valence-electron chi connectivity index (χ2n) is 6.03. The van der Waals surface area contributed by atoms with Crippen molar-refractivity contribution >= 4 is 0 Å². The van der Waals surface area contributed by atoms with E-state index in [1.165, 1.54) is 70.6 Å². The van der Waals surface area contributed by atoms with Crippen LogP contribution in [-0.2, 0) is 9.47 Å². The topological polar surface area (TPSA) is 18.5 Å². The minimum atomic E-state index is -0.150. The van der Waals surface area contributed by atoms with Crippen LogP contribution in [0, 0.1) is 0 Å². The van der Waals surface area contributed by atoms with Crippen LogP contribution in [0.5, 0.6) is 0 Å². The lowest BCUT2D eigenvalue weighted by Gasteiger charge is -2.12. The number of rotatable bonds is 17. The Labute approximate surface area is 139 Å². The fourth-order valence-corrected chi connectivity index (χ4v) is 2.62. The van der Waals surface area contributed by atoms with Crippen LogP contribution in [0.4, 0.5) is 0 Å². The highest BCUT2D eigenvalue weighted by Crippen LogP contribution is 2.12. The number of unbranched alkanes of at least 4 members (excludes halogenated alkanes) is 11.